The molecule has 0 saturated heterocycles. The Labute approximate surface area is 153 Å². The number of benzene rings is 2. The van der Waals surface area contributed by atoms with Crippen LogP contribution in [0.15, 0.2) is 47.6 Å². The van der Waals surface area contributed by atoms with Crippen LogP contribution in [0.2, 0.25) is 0 Å². The average Bonchev–Trinajstić information content (AvgIpc) is 3.06. The second-order valence-corrected chi connectivity index (χ2v) is 6.60. The summed E-state index contributed by atoms with van der Waals surface area (Å²) in [6.07, 6.45) is 1.56. The van der Waals surface area contributed by atoms with Crippen molar-refractivity contribution in [1.82, 2.24) is 5.43 Å². The number of thiophene rings is 1. The maximum atomic E-state index is 12.2. The second-order valence-electron chi connectivity index (χ2n) is 5.51. The second kappa shape index (κ2) is 7.32. The standard InChI is InChI=1S/C18H15N3O4S/c1-11-7-15(25-2)5-3-12(11)10-19-20-18(22)17-9-13-8-14(21(23)24)4-6-16(13)26-17/h3-10H,1-2H3,(H,20,22). The first-order valence-corrected chi connectivity index (χ1v) is 8.45. The van der Waals surface area contributed by atoms with Gasteiger partial charge < -0.3 is 4.74 Å². The Morgan fingerprint density at radius 1 is 1.27 bits per heavy atom. The first kappa shape index (κ1) is 17.6. The molecule has 0 aliphatic heterocycles. The number of hydrogen-bond donors (Lipinski definition) is 1. The summed E-state index contributed by atoms with van der Waals surface area (Å²) in [4.78, 5) is 23.0. The minimum absolute atomic E-state index is 0.00439. The zero-order valence-corrected chi connectivity index (χ0v) is 14.9. The van der Waals surface area contributed by atoms with Gasteiger partial charge in [0.05, 0.1) is 23.1 Å². The number of amides is 1. The molecule has 0 atom stereocenters. The van der Waals surface area contributed by atoms with Crippen molar-refractivity contribution in [2.45, 2.75) is 6.92 Å². The van der Waals surface area contributed by atoms with Crippen molar-refractivity contribution >= 4 is 39.2 Å². The number of aryl methyl sites for hydroxylation is 1. The van der Waals surface area contributed by atoms with Crippen LogP contribution in [0.4, 0.5) is 5.69 Å². The number of hydrogen-bond acceptors (Lipinski definition) is 6. The van der Waals surface area contributed by atoms with Gasteiger partial charge in [0.25, 0.3) is 11.6 Å². The van der Waals surface area contributed by atoms with E-state index < -0.39 is 4.92 Å². The van der Waals surface area contributed by atoms with E-state index in [-0.39, 0.29) is 11.6 Å². The van der Waals surface area contributed by atoms with Gasteiger partial charge in [0.1, 0.15) is 5.75 Å². The molecule has 0 radical (unpaired) electrons. The van der Waals surface area contributed by atoms with Crippen molar-refractivity contribution in [3.05, 3.63) is 68.6 Å². The predicted octanol–water partition coefficient (Wildman–Crippen LogP) is 3.89. The van der Waals surface area contributed by atoms with Crippen LogP contribution in [0.25, 0.3) is 10.1 Å². The molecule has 3 rings (SSSR count). The number of non-ortho nitro benzene ring substituents is 1. The highest BCUT2D eigenvalue weighted by Crippen LogP contribution is 2.28. The van der Waals surface area contributed by atoms with Crippen molar-refractivity contribution in [1.29, 1.82) is 0 Å². The summed E-state index contributed by atoms with van der Waals surface area (Å²) in [5.41, 5.74) is 4.30. The summed E-state index contributed by atoms with van der Waals surface area (Å²) in [6, 6.07) is 11.7. The number of nitro benzene ring substituents is 1. The highest BCUT2D eigenvalue weighted by atomic mass is 32.1. The molecule has 132 valence electrons. The first-order chi connectivity index (χ1) is 12.5. The summed E-state index contributed by atoms with van der Waals surface area (Å²) >= 11 is 1.26. The maximum Gasteiger partial charge on any atom is 0.281 e. The minimum Gasteiger partial charge on any atom is -0.497 e. The average molecular weight is 369 g/mol. The van der Waals surface area contributed by atoms with Gasteiger partial charge in [-0.05, 0) is 48.4 Å². The molecular formula is C18H15N3O4S. The number of fused-ring (bicyclic) bond motifs is 1. The smallest absolute Gasteiger partial charge is 0.281 e. The number of carbonyl (C=O) groups is 1. The van der Waals surface area contributed by atoms with Crippen LogP contribution in [0, 0.1) is 17.0 Å². The highest BCUT2D eigenvalue weighted by Gasteiger charge is 2.13. The number of carbonyl (C=O) groups excluding carboxylic acids is 1. The van der Waals surface area contributed by atoms with Crippen molar-refractivity contribution in [2.75, 3.05) is 7.11 Å². The summed E-state index contributed by atoms with van der Waals surface area (Å²) in [7, 11) is 1.60. The zero-order valence-electron chi connectivity index (χ0n) is 14.1. The molecule has 2 aromatic carbocycles. The molecule has 1 N–H and O–H groups in total. The topological polar surface area (TPSA) is 93.8 Å². The molecule has 0 aliphatic carbocycles. The Morgan fingerprint density at radius 2 is 2.08 bits per heavy atom. The molecule has 0 unspecified atom stereocenters. The van der Waals surface area contributed by atoms with Crippen molar-refractivity contribution < 1.29 is 14.5 Å². The van der Waals surface area contributed by atoms with Crippen LogP contribution in [0.1, 0.15) is 20.8 Å². The lowest BCUT2D eigenvalue weighted by molar-refractivity contribution is -0.384. The van der Waals surface area contributed by atoms with Gasteiger partial charge in [0.2, 0.25) is 0 Å². The van der Waals surface area contributed by atoms with Gasteiger partial charge in [-0.15, -0.1) is 11.3 Å². The van der Waals surface area contributed by atoms with Gasteiger partial charge in [-0.3, -0.25) is 14.9 Å². The number of rotatable bonds is 5. The number of nitrogens with one attached hydrogen (secondary N) is 1. The van der Waals surface area contributed by atoms with E-state index in [0.29, 0.717) is 10.3 Å². The third-order valence-electron chi connectivity index (χ3n) is 3.78. The molecular weight excluding hydrogens is 354 g/mol. The number of nitro groups is 1. The van der Waals surface area contributed by atoms with E-state index >= 15 is 0 Å². The fourth-order valence-corrected chi connectivity index (χ4v) is 3.32. The zero-order chi connectivity index (χ0) is 18.7. The molecule has 0 fully saturated rings. The third-order valence-corrected chi connectivity index (χ3v) is 4.90. The number of ether oxygens (including phenoxy) is 1. The SMILES string of the molecule is COc1ccc(C=NNC(=O)c2cc3cc([N+](=O)[O-])ccc3s2)c(C)c1. The van der Waals surface area contributed by atoms with E-state index in [0.717, 1.165) is 21.6 Å². The van der Waals surface area contributed by atoms with E-state index in [1.54, 1.807) is 25.5 Å². The maximum absolute atomic E-state index is 12.2. The van der Waals surface area contributed by atoms with Crippen LogP contribution in [0.5, 0.6) is 5.75 Å². The Bertz CT molecular complexity index is 1030. The Kier molecular flexibility index (Phi) is 4.94. The van der Waals surface area contributed by atoms with Gasteiger partial charge in [-0.2, -0.15) is 5.10 Å². The molecule has 3 aromatic rings. The third kappa shape index (κ3) is 3.70. The summed E-state index contributed by atoms with van der Waals surface area (Å²) < 4.78 is 5.95. The van der Waals surface area contributed by atoms with E-state index in [9.17, 15) is 14.9 Å². The number of nitrogens with zero attached hydrogens (tertiary/aromatic N) is 2. The Balaban J connectivity index is 1.73. The summed E-state index contributed by atoms with van der Waals surface area (Å²) in [5, 5.41) is 15.5. The Hall–Kier alpha value is -3.26. The highest BCUT2D eigenvalue weighted by molar-refractivity contribution is 7.20. The largest absolute Gasteiger partial charge is 0.497 e. The van der Waals surface area contributed by atoms with Crippen LogP contribution in [-0.2, 0) is 0 Å². The van der Waals surface area contributed by atoms with E-state index in [2.05, 4.69) is 10.5 Å². The fourth-order valence-electron chi connectivity index (χ4n) is 2.39. The van der Waals surface area contributed by atoms with E-state index in [1.165, 1.54) is 23.5 Å². The van der Waals surface area contributed by atoms with Crippen LogP contribution >= 0.6 is 11.3 Å². The lowest BCUT2D eigenvalue weighted by atomic mass is 10.1. The molecule has 0 aliphatic rings. The normalized spacial score (nSPS) is 11.0. The molecule has 0 bridgehead atoms. The van der Waals surface area contributed by atoms with Crippen molar-refractivity contribution in [2.24, 2.45) is 5.10 Å². The molecule has 1 aromatic heterocycles. The van der Waals surface area contributed by atoms with Crippen molar-refractivity contribution in [3.63, 3.8) is 0 Å². The van der Waals surface area contributed by atoms with E-state index in [4.69, 9.17) is 4.74 Å². The molecule has 26 heavy (non-hydrogen) atoms. The predicted molar refractivity (Wildman–Crippen MR) is 101 cm³/mol. The van der Waals surface area contributed by atoms with Crippen LogP contribution in [0.3, 0.4) is 0 Å². The number of methoxy groups -OCH3 is 1. The van der Waals surface area contributed by atoms with Gasteiger partial charge in [-0.25, -0.2) is 5.43 Å². The quantitative estimate of drug-likeness (QED) is 0.419. The molecule has 8 heteroatoms. The van der Waals surface area contributed by atoms with E-state index in [1.807, 2.05) is 25.1 Å². The summed E-state index contributed by atoms with van der Waals surface area (Å²) in [5.74, 6) is 0.388. The molecule has 0 spiro atoms. The van der Waals surface area contributed by atoms with Gasteiger partial charge >= 0.3 is 0 Å². The molecule has 7 nitrogen and oxygen atoms in total. The number of hydrazone groups is 1. The molecule has 1 amide bonds. The first-order valence-electron chi connectivity index (χ1n) is 7.64. The van der Waals surface area contributed by atoms with Gasteiger partial charge in [-0.1, -0.05) is 0 Å². The Morgan fingerprint density at radius 3 is 2.77 bits per heavy atom. The monoisotopic (exact) mass is 369 g/mol. The molecule has 1 heterocycles. The minimum atomic E-state index is -0.460. The van der Waals surface area contributed by atoms with Gasteiger partial charge in [0, 0.05) is 22.2 Å². The van der Waals surface area contributed by atoms with Gasteiger partial charge in [0.15, 0.2) is 0 Å². The molecule has 0 saturated carbocycles. The summed E-state index contributed by atoms with van der Waals surface area (Å²) in [6.45, 7) is 1.92. The van der Waals surface area contributed by atoms with Crippen LogP contribution in [-0.4, -0.2) is 24.2 Å². The fraction of sp³-hybridized carbons (Fsp3) is 0.111. The lowest BCUT2D eigenvalue weighted by Gasteiger charge is -2.03. The van der Waals surface area contributed by atoms with Crippen LogP contribution < -0.4 is 10.2 Å². The lowest BCUT2D eigenvalue weighted by Crippen LogP contribution is -2.16. The van der Waals surface area contributed by atoms with Crippen molar-refractivity contribution in [3.8, 4) is 5.75 Å².